The maximum Gasteiger partial charge on any atom is 0.315 e. The van der Waals surface area contributed by atoms with E-state index in [4.69, 9.17) is 14.6 Å². The van der Waals surface area contributed by atoms with Crippen molar-refractivity contribution < 1.29 is 24.5 Å². The zero-order valence-electron chi connectivity index (χ0n) is 9.71. The van der Waals surface area contributed by atoms with Crippen LogP contribution in [0.15, 0.2) is 11.6 Å². The molecule has 4 unspecified atom stereocenters. The number of rotatable bonds is 4. The molecule has 0 aromatic rings. The van der Waals surface area contributed by atoms with Gasteiger partial charge in [0.2, 0.25) is 0 Å². The van der Waals surface area contributed by atoms with Gasteiger partial charge < -0.3 is 19.7 Å². The average molecular weight is 230 g/mol. The van der Waals surface area contributed by atoms with Gasteiger partial charge in [0, 0.05) is 7.11 Å². The predicted octanol–water partition coefficient (Wildman–Crippen LogP) is -0.138. The first kappa shape index (κ1) is 13.2. The number of hydrogen-bond acceptors (Lipinski definition) is 5. The molecule has 1 heterocycles. The highest BCUT2D eigenvalue weighted by atomic mass is 16.6. The summed E-state index contributed by atoms with van der Waals surface area (Å²) < 4.78 is 9.97. The summed E-state index contributed by atoms with van der Waals surface area (Å²) in [5.41, 5.74) is 0.954. The van der Waals surface area contributed by atoms with Crippen molar-refractivity contribution in [2.75, 3.05) is 13.7 Å². The van der Waals surface area contributed by atoms with Crippen LogP contribution in [0.2, 0.25) is 0 Å². The van der Waals surface area contributed by atoms with Crippen LogP contribution in [0.4, 0.5) is 0 Å². The molecule has 1 aliphatic heterocycles. The van der Waals surface area contributed by atoms with Gasteiger partial charge in [0.05, 0.1) is 12.7 Å². The molecule has 5 heteroatoms. The van der Waals surface area contributed by atoms with Crippen molar-refractivity contribution in [3.05, 3.63) is 11.6 Å². The largest absolute Gasteiger partial charge is 0.455 e. The molecule has 2 N–H and O–H groups in total. The van der Waals surface area contributed by atoms with Crippen LogP contribution in [-0.2, 0) is 14.3 Å². The van der Waals surface area contributed by atoms with Gasteiger partial charge >= 0.3 is 5.97 Å². The Morgan fingerprint density at radius 2 is 2.25 bits per heavy atom. The molecular formula is C11H18O5. The van der Waals surface area contributed by atoms with E-state index in [0.29, 0.717) is 0 Å². The molecule has 0 saturated carbocycles. The average Bonchev–Trinajstić information content (AvgIpc) is 2.46. The summed E-state index contributed by atoms with van der Waals surface area (Å²) in [7, 11) is 1.38. The molecule has 1 fully saturated rings. The molecule has 5 nitrogen and oxygen atoms in total. The first-order chi connectivity index (χ1) is 7.51. The van der Waals surface area contributed by atoms with Crippen molar-refractivity contribution in [3.8, 4) is 0 Å². The number of hydrogen-bond donors (Lipinski definition) is 2. The maximum absolute atomic E-state index is 11.5. The Bertz CT molecular complexity index is 278. The number of aliphatic hydroxyl groups excluding tert-OH is 2. The highest BCUT2D eigenvalue weighted by Gasteiger charge is 2.47. The fourth-order valence-corrected chi connectivity index (χ4v) is 1.79. The Balaban J connectivity index is 2.82. The standard InChI is InChI=1S/C11H18O5/c1-6(2)4-7-10(13)9(11(14)16-7)8(5-12)15-3/h4,7-10,12-13H,5H2,1-3H3. The van der Waals surface area contributed by atoms with E-state index in [9.17, 15) is 9.90 Å². The normalized spacial score (nSPS) is 31.1. The second-order valence-electron chi connectivity index (χ2n) is 4.12. The molecule has 1 aliphatic rings. The van der Waals surface area contributed by atoms with Crippen LogP contribution < -0.4 is 0 Å². The fraction of sp³-hybridized carbons (Fsp3) is 0.727. The van der Waals surface area contributed by atoms with E-state index in [2.05, 4.69) is 0 Å². The first-order valence-electron chi connectivity index (χ1n) is 5.18. The number of aliphatic hydroxyl groups is 2. The molecule has 0 bridgehead atoms. The maximum atomic E-state index is 11.5. The smallest absolute Gasteiger partial charge is 0.315 e. The van der Waals surface area contributed by atoms with Crippen molar-refractivity contribution in [1.82, 2.24) is 0 Å². The van der Waals surface area contributed by atoms with Crippen LogP contribution in [0.5, 0.6) is 0 Å². The van der Waals surface area contributed by atoms with Crippen LogP contribution in [0.3, 0.4) is 0 Å². The van der Waals surface area contributed by atoms with Crippen molar-refractivity contribution in [3.63, 3.8) is 0 Å². The number of esters is 1. The first-order valence-corrected chi connectivity index (χ1v) is 5.18. The quantitative estimate of drug-likeness (QED) is 0.519. The van der Waals surface area contributed by atoms with E-state index < -0.39 is 30.2 Å². The Labute approximate surface area is 94.7 Å². The van der Waals surface area contributed by atoms with Crippen LogP contribution in [0, 0.1) is 5.92 Å². The van der Waals surface area contributed by atoms with Gasteiger partial charge in [-0.3, -0.25) is 4.79 Å². The summed E-state index contributed by atoms with van der Waals surface area (Å²) in [6, 6.07) is 0. The number of carbonyl (C=O) groups is 1. The lowest BCUT2D eigenvalue weighted by Gasteiger charge is -2.19. The lowest BCUT2D eigenvalue weighted by molar-refractivity contribution is -0.147. The topological polar surface area (TPSA) is 76.0 Å². The van der Waals surface area contributed by atoms with Crippen molar-refractivity contribution >= 4 is 5.97 Å². The molecule has 0 aliphatic carbocycles. The van der Waals surface area contributed by atoms with Gasteiger partial charge in [-0.1, -0.05) is 5.57 Å². The highest BCUT2D eigenvalue weighted by molar-refractivity contribution is 5.76. The zero-order chi connectivity index (χ0) is 12.3. The minimum atomic E-state index is -0.973. The van der Waals surface area contributed by atoms with Crippen LogP contribution in [0.1, 0.15) is 13.8 Å². The summed E-state index contributed by atoms with van der Waals surface area (Å²) in [6.45, 7) is 3.39. The number of allylic oxidation sites excluding steroid dienone is 1. The van der Waals surface area contributed by atoms with Crippen molar-refractivity contribution in [1.29, 1.82) is 0 Å². The number of carbonyl (C=O) groups excluding carboxylic acids is 1. The third kappa shape index (κ3) is 2.61. The van der Waals surface area contributed by atoms with Crippen LogP contribution >= 0.6 is 0 Å². The van der Waals surface area contributed by atoms with Gasteiger partial charge in [-0.15, -0.1) is 0 Å². The van der Waals surface area contributed by atoms with E-state index in [1.54, 1.807) is 6.08 Å². The van der Waals surface area contributed by atoms with E-state index in [1.165, 1.54) is 7.11 Å². The van der Waals surface area contributed by atoms with E-state index in [1.807, 2.05) is 13.8 Å². The second kappa shape index (κ2) is 5.43. The van der Waals surface area contributed by atoms with Gasteiger partial charge in [-0.25, -0.2) is 0 Å². The molecular weight excluding hydrogens is 212 g/mol. The summed E-state index contributed by atoms with van der Waals surface area (Å²) in [5.74, 6) is -1.36. The molecule has 0 aromatic carbocycles. The van der Waals surface area contributed by atoms with E-state index in [0.717, 1.165) is 5.57 Å². The molecule has 0 aromatic heterocycles. The summed E-state index contributed by atoms with van der Waals surface area (Å²) >= 11 is 0. The summed E-state index contributed by atoms with van der Waals surface area (Å²) in [4.78, 5) is 11.5. The molecule has 1 saturated heterocycles. The minimum Gasteiger partial charge on any atom is -0.455 e. The molecule has 1 rings (SSSR count). The van der Waals surface area contributed by atoms with E-state index >= 15 is 0 Å². The molecule has 16 heavy (non-hydrogen) atoms. The Hall–Kier alpha value is -0.910. The third-order valence-electron chi connectivity index (χ3n) is 2.61. The summed E-state index contributed by atoms with van der Waals surface area (Å²) in [6.07, 6.45) is -0.656. The van der Waals surface area contributed by atoms with E-state index in [-0.39, 0.29) is 6.61 Å². The van der Waals surface area contributed by atoms with Gasteiger partial charge in [0.15, 0.2) is 0 Å². The van der Waals surface area contributed by atoms with Crippen molar-refractivity contribution in [2.45, 2.75) is 32.2 Å². The third-order valence-corrected chi connectivity index (χ3v) is 2.61. The van der Waals surface area contributed by atoms with Crippen LogP contribution in [0.25, 0.3) is 0 Å². The minimum absolute atomic E-state index is 0.325. The number of cyclic esters (lactones) is 1. The predicted molar refractivity (Wildman–Crippen MR) is 56.7 cm³/mol. The highest BCUT2D eigenvalue weighted by Crippen LogP contribution is 2.27. The van der Waals surface area contributed by atoms with Crippen LogP contribution in [-0.4, -0.2) is 48.2 Å². The molecule has 0 amide bonds. The lowest BCUT2D eigenvalue weighted by atomic mass is 9.95. The summed E-state index contributed by atoms with van der Waals surface area (Å²) in [5, 5.41) is 18.9. The lowest BCUT2D eigenvalue weighted by Crippen LogP contribution is -2.38. The number of methoxy groups -OCH3 is 1. The fourth-order valence-electron chi connectivity index (χ4n) is 1.79. The molecule has 0 spiro atoms. The molecule has 4 atom stereocenters. The van der Waals surface area contributed by atoms with Gasteiger partial charge in [-0.2, -0.15) is 0 Å². The zero-order valence-corrected chi connectivity index (χ0v) is 9.71. The van der Waals surface area contributed by atoms with Crippen molar-refractivity contribution in [2.24, 2.45) is 5.92 Å². The van der Waals surface area contributed by atoms with Gasteiger partial charge in [-0.05, 0) is 19.9 Å². The monoisotopic (exact) mass is 230 g/mol. The Morgan fingerprint density at radius 3 is 2.69 bits per heavy atom. The van der Waals surface area contributed by atoms with Gasteiger partial charge in [0.25, 0.3) is 0 Å². The van der Waals surface area contributed by atoms with Gasteiger partial charge in [0.1, 0.15) is 18.1 Å². The number of ether oxygens (including phenoxy) is 2. The molecule has 92 valence electrons. The Kier molecular flexibility index (Phi) is 4.46. The second-order valence-corrected chi connectivity index (χ2v) is 4.12. The SMILES string of the molecule is COC(CO)C1C(=O)OC(C=C(C)C)C1O. The Morgan fingerprint density at radius 1 is 1.62 bits per heavy atom. The molecule has 0 radical (unpaired) electrons.